The van der Waals surface area contributed by atoms with Crippen LogP contribution < -0.4 is 34.7 Å². The standard InChI is InChI=1S/C20H38O3S.Na/c1-2-3-4-5-6-7-8-9-10-11-12-13-14-15-18-23-20(24)17-16-19(21)22;/h2-18H2,1H3,(H,21,22);/q;+1/p-1. The van der Waals surface area contributed by atoms with E-state index in [9.17, 15) is 9.90 Å². The molecule has 0 aromatic rings. The third-order valence-corrected chi connectivity index (χ3v) is 4.62. The van der Waals surface area contributed by atoms with Crippen LogP contribution in [0.3, 0.4) is 0 Å². The molecule has 0 fully saturated rings. The second-order valence-electron chi connectivity index (χ2n) is 6.69. The number of carboxylic acid groups (broad SMARTS) is 1. The number of carbonyl (C=O) groups is 1. The quantitative estimate of drug-likeness (QED) is 0.208. The predicted octanol–water partition coefficient (Wildman–Crippen LogP) is 2.35. The van der Waals surface area contributed by atoms with Gasteiger partial charge >= 0.3 is 29.6 Å². The molecule has 0 unspecified atom stereocenters. The van der Waals surface area contributed by atoms with Gasteiger partial charge in [0, 0.05) is 12.4 Å². The van der Waals surface area contributed by atoms with Crippen molar-refractivity contribution in [3.8, 4) is 0 Å². The van der Waals surface area contributed by atoms with Crippen molar-refractivity contribution < 1.29 is 44.2 Å². The number of ether oxygens (including phenoxy) is 1. The van der Waals surface area contributed by atoms with E-state index in [4.69, 9.17) is 17.0 Å². The Kier molecular flexibility index (Phi) is 24.7. The molecule has 0 N–H and O–H groups in total. The average Bonchev–Trinajstić information content (AvgIpc) is 2.56. The smallest absolute Gasteiger partial charge is 0.550 e. The van der Waals surface area contributed by atoms with E-state index in [2.05, 4.69) is 6.92 Å². The Balaban J connectivity index is 0. The van der Waals surface area contributed by atoms with Crippen molar-refractivity contribution in [3.63, 3.8) is 0 Å². The number of carboxylic acids is 1. The summed E-state index contributed by atoms with van der Waals surface area (Å²) in [5.74, 6) is -1.07. The maximum atomic E-state index is 10.3. The molecule has 0 aliphatic rings. The summed E-state index contributed by atoms with van der Waals surface area (Å²) in [7, 11) is 0. The van der Waals surface area contributed by atoms with Gasteiger partial charge in [-0.1, -0.05) is 90.4 Å². The number of rotatable bonds is 18. The summed E-state index contributed by atoms with van der Waals surface area (Å²) in [5, 5.41) is 10.7. The van der Waals surface area contributed by atoms with Gasteiger partial charge in [0.05, 0.1) is 6.61 Å². The minimum atomic E-state index is -1.07. The average molecular weight is 381 g/mol. The van der Waals surface area contributed by atoms with Gasteiger partial charge < -0.3 is 14.6 Å². The minimum absolute atomic E-state index is 0. The molecule has 142 valence electrons. The number of hydrogen-bond acceptors (Lipinski definition) is 4. The van der Waals surface area contributed by atoms with E-state index < -0.39 is 5.97 Å². The van der Waals surface area contributed by atoms with Crippen molar-refractivity contribution >= 4 is 23.2 Å². The van der Waals surface area contributed by atoms with E-state index in [1.807, 2.05) is 0 Å². The Morgan fingerprint density at radius 3 is 1.56 bits per heavy atom. The first kappa shape index (κ1) is 27.6. The van der Waals surface area contributed by atoms with Crippen molar-refractivity contribution in [2.45, 2.75) is 110 Å². The van der Waals surface area contributed by atoms with E-state index in [1.54, 1.807) is 0 Å². The van der Waals surface area contributed by atoms with E-state index in [1.165, 1.54) is 83.5 Å². The fourth-order valence-electron chi connectivity index (χ4n) is 2.76. The van der Waals surface area contributed by atoms with Crippen LogP contribution in [-0.4, -0.2) is 17.6 Å². The maximum Gasteiger partial charge on any atom is 1.00 e. The summed E-state index contributed by atoms with van der Waals surface area (Å²) in [4.78, 5) is 10.3. The molecular formula is C20H37NaO3S. The van der Waals surface area contributed by atoms with Crippen LogP contribution in [0.15, 0.2) is 0 Å². The summed E-state index contributed by atoms with van der Waals surface area (Å²) in [6, 6.07) is 0. The third-order valence-electron chi connectivity index (χ3n) is 4.29. The second-order valence-corrected chi connectivity index (χ2v) is 7.14. The Morgan fingerprint density at radius 2 is 1.16 bits per heavy atom. The molecule has 0 aliphatic carbocycles. The van der Waals surface area contributed by atoms with Gasteiger partial charge in [0.1, 0.15) is 0 Å². The largest absolute Gasteiger partial charge is 1.00 e. The maximum absolute atomic E-state index is 10.3. The monoisotopic (exact) mass is 380 g/mol. The summed E-state index contributed by atoms with van der Waals surface area (Å²) in [6.07, 6.45) is 18.9. The molecule has 0 radical (unpaired) electrons. The van der Waals surface area contributed by atoms with Crippen LogP contribution in [0.4, 0.5) is 0 Å². The van der Waals surface area contributed by atoms with Crippen LogP contribution in [0.2, 0.25) is 0 Å². The summed E-state index contributed by atoms with van der Waals surface area (Å²) >= 11 is 4.96. The Bertz CT molecular complexity index is 311. The molecule has 0 aromatic carbocycles. The van der Waals surface area contributed by atoms with Crippen molar-refractivity contribution in [3.05, 3.63) is 0 Å². The molecule has 3 nitrogen and oxygen atoms in total. The van der Waals surface area contributed by atoms with Gasteiger partial charge in [-0.15, -0.1) is 0 Å². The normalized spacial score (nSPS) is 10.3. The molecule has 0 saturated heterocycles. The molecule has 5 heteroatoms. The summed E-state index contributed by atoms with van der Waals surface area (Å²) in [5.41, 5.74) is 0. The van der Waals surface area contributed by atoms with Gasteiger partial charge in [-0.3, -0.25) is 0 Å². The van der Waals surface area contributed by atoms with Gasteiger partial charge in [0.25, 0.3) is 0 Å². The van der Waals surface area contributed by atoms with Crippen molar-refractivity contribution in [2.75, 3.05) is 6.61 Å². The molecular weight excluding hydrogens is 343 g/mol. The fraction of sp³-hybridized carbons (Fsp3) is 0.900. The number of thiocarbonyl (C=S) groups is 1. The van der Waals surface area contributed by atoms with Gasteiger partial charge in [-0.25, -0.2) is 0 Å². The predicted molar refractivity (Wildman–Crippen MR) is 103 cm³/mol. The van der Waals surface area contributed by atoms with Gasteiger partial charge in [0.2, 0.25) is 0 Å². The number of unbranched alkanes of at least 4 members (excludes halogenated alkanes) is 13. The Labute approximate surface area is 183 Å². The van der Waals surface area contributed by atoms with E-state index in [0.717, 1.165) is 6.42 Å². The third kappa shape index (κ3) is 24.4. The van der Waals surface area contributed by atoms with Crippen LogP contribution in [0.25, 0.3) is 0 Å². The molecule has 0 aromatic heterocycles. The zero-order valence-electron chi connectivity index (χ0n) is 16.7. The molecule has 0 bridgehead atoms. The zero-order valence-corrected chi connectivity index (χ0v) is 19.5. The second kappa shape index (κ2) is 22.4. The van der Waals surface area contributed by atoms with Crippen LogP contribution >= 0.6 is 12.2 Å². The molecule has 25 heavy (non-hydrogen) atoms. The Morgan fingerprint density at radius 1 is 0.760 bits per heavy atom. The minimum Gasteiger partial charge on any atom is -0.550 e. The van der Waals surface area contributed by atoms with Crippen LogP contribution in [-0.2, 0) is 9.53 Å². The van der Waals surface area contributed by atoms with E-state index in [0.29, 0.717) is 11.7 Å². The molecule has 0 atom stereocenters. The molecule has 0 rings (SSSR count). The molecule has 0 spiro atoms. The Hall–Kier alpha value is 0.360. The van der Waals surface area contributed by atoms with Crippen LogP contribution in [0.1, 0.15) is 110 Å². The van der Waals surface area contributed by atoms with Crippen molar-refractivity contribution in [1.82, 2.24) is 0 Å². The topological polar surface area (TPSA) is 49.4 Å². The van der Waals surface area contributed by atoms with E-state index >= 15 is 0 Å². The number of aliphatic carboxylic acids is 1. The van der Waals surface area contributed by atoms with Crippen molar-refractivity contribution in [1.29, 1.82) is 0 Å². The SMILES string of the molecule is CCCCCCCCCCCCCCCCOC(=S)CCC(=O)[O-].[Na+]. The van der Waals surface area contributed by atoms with Gasteiger partial charge in [-0.05, 0) is 25.1 Å². The van der Waals surface area contributed by atoms with Gasteiger partial charge in [0.15, 0.2) is 5.05 Å². The first-order valence-electron chi connectivity index (χ1n) is 10.0. The molecule has 0 saturated carbocycles. The van der Waals surface area contributed by atoms with Gasteiger partial charge in [-0.2, -0.15) is 0 Å². The zero-order chi connectivity index (χ0) is 17.9. The molecule has 0 aliphatic heterocycles. The summed E-state index contributed by atoms with van der Waals surface area (Å²) in [6.45, 7) is 2.88. The number of hydrogen-bond donors (Lipinski definition) is 0. The fourth-order valence-corrected chi connectivity index (χ4v) is 2.94. The van der Waals surface area contributed by atoms with Crippen LogP contribution in [0, 0.1) is 0 Å². The molecule has 0 heterocycles. The first-order chi connectivity index (χ1) is 11.7. The number of carbonyl (C=O) groups excluding carboxylic acids is 1. The first-order valence-corrected chi connectivity index (χ1v) is 10.4. The van der Waals surface area contributed by atoms with E-state index in [-0.39, 0.29) is 42.4 Å². The van der Waals surface area contributed by atoms with Crippen LogP contribution in [0.5, 0.6) is 0 Å². The summed E-state index contributed by atoms with van der Waals surface area (Å²) < 4.78 is 5.34. The molecule has 0 amide bonds. The van der Waals surface area contributed by atoms with Crippen molar-refractivity contribution in [2.24, 2.45) is 0 Å².